The molecule has 2 saturated heterocycles. The van der Waals surface area contributed by atoms with Gasteiger partial charge in [0.05, 0.1) is 24.6 Å². The molecule has 2 aliphatic heterocycles. The highest BCUT2D eigenvalue weighted by Gasteiger charge is 2.20. The number of anilines is 3. The first-order valence-electron chi connectivity index (χ1n) is 10.5. The lowest BCUT2D eigenvalue weighted by Gasteiger charge is -2.33. The molecule has 0 aliphatic carbocycles. The largest absolute Gasteiger partial charge is 0.444 e. The summed E-state index contributed by atoms with van der Waals surface area (Å²) in [5.74, 6) is 0.0572. The molecule has 2 aromatic rings. The average Bonchev–Trinajstić information content (AvgIpc) is 3.23. The van der Waals surface area contributed by atoms with Crippen molar-refractivity contribution in [3.8, 4) is 0 Å². The van der Waals surface area contributed by atoms with E-state index in [4.69, 9.17) is 9.15 Å². The number of nitrogens with one attached hydrogen (secondary N) is 1. The third-order valence-electron chi connectivity index (χ3n) is 5.10. The fraction of sp³-hybridized carbons (Fsp3) is 0.500. The number of halogens is 1. The first kappa shape index (κ1) is 21.7. The van der Waals surface area contributed by atoms with Gasteiger partial charge in [0.2, 0.25) is 0 Å². The van der Waals surface area contributed by atoms with Gasteiger partial charge < -0.3 is 24.3 Å². The van der Waals surface area contributed by atoms with Gasteiger partial charge in [-0.25, -0.2) is 0 Å². The highest BCUT2D eigenvalue weighted by molar-refractivity contribution is 9.10. The molecular formula is C22H30BrN3O3. The fourth-order valence-corrected chi connectivity index (χ4v) is 3.97. The van der Waals surface area contributed by atoms with Crippen molar-refractivity contribution < 1.29 is 13.9 Å². The smallest absolute Gasteiger partial charge is 0.291 e. The van der Waals surface area contributed by atoms with E-state index in [1.807, 2.05) is 19.9 Å². The van der Waals surface area contributed by atoms with Crippen LogP contribution in [0.1, 0.15) is 43.7 Å². The number of amides is 1. The molecule has 1 aromatic carbocycles. The maximum atomic E-state index is 12.6. The minimum atomic E-state index is -0.238. The third kappa shape index (κ3) is 5.54. The van der Waals surface area contributed by atoms with E-state index in [-0.39, 0.29) is 5.91 Å². The summed E-state index contributed by atoms with van der Waals surface area (Å²) < 4.78 is 11.4. The zero-order valence-electron chi connectivity index (χ0n) is 17.2. The maximum Gasteiger partial charge on any atom is 0.291 e. The minimum absolute atomic E-state index is 0.238. The highest BCUT2D eigenvalue weighted by Crippen LogP contribution is 2.33. The van der Waals surface area contributed by atoms with E-state index in [2.05, 4.69) is 43.2 Å². The van der Waals surface area contributed by atoms with Gasteiger partial charge in [-0.05, 0) is 65.5 Å². The fourth-order valence-electron chi connectivity index (χ4n) is 3.66. The van der Waals surface area contributed by atoms with Gasteiger partial charge in [0.1, 0.15) is 0 Å². The van der Waals surface area contributed by atoms with E-state index in [1.165, 1.54) is 24.9 Å². The number of ether oxygens (including phenoxy) is 1. The lowest BCUT2D eigenvalue weighted by molar-refractivity contribution is 0.0995. The number of carbonyl (C=O) groups is 1. The van der Waals surface area contributed by atoms with Crippen LogP contribution in [0.5, 0.6) is 0 Å². The summed E-state index contributed by atoms with van der Waals surface area (Å²) >= 11 is 3.25. The Kier molecular flexibility index (Phi) is 8.00. The number of piperidine rings is 1. The van der Waals surface area contributed by atoms with Gasteiger partial charge in [0.15, 0.2) is 10.4 Å². The molecule has 29 heavy (non-hydrogen) atoms. The SMILES string of the molecule is CC.O=C(Nc1ccc(N2CCOCC2)cc1N1CCCCC1)c1ccc(Br)o1. The molecule has 0 unspecified atom stereocenters. The Morgan fingerprint density at radius 2 is 1.69 bits per heavy atom. The van der Waals surface area contributed by atoms with E-state index in [0.717, 1.165) is 50.8 Å². The van der Waals surface area contributed by atoms with Crippen molar-refractivity contribution in [2.75, 3.05) is 54.5 Å². The average molecular weight is 464 g/mol. The van der Waals surface area contributed by atoms with Crippen LogP contribution in [0.15, 0.2) is 39.4 Å². The number of furan rings is 1. The second-order valence-electron chi connectivity index (χ2n) is 6.91. The molecule has 0 saturated carbocycles. The zero-order chi connectivity index (χ0) is 20.6. The summed E-state index contributed by atoms with van der Waals surface area (Å²) in [7, 11) is 0. The van der Waals surface area contributed by atoms with E-state index in [1.54, 1.807) is 12.1 Å². The first-order valence-corrected chi connectivity index (χ1v) is 11.3. The number of rotatable bonds is 4. The van der Waals surface area contributed by atoms with Crippen LogP contribution < -0.4 is 15.1 Å². The molecule has 0 radical (unpaired) electrons. The van der Waals surface area contributed by atoms with E-state index < -0.39 is 0 Å². The normalized spacial score (nSPS) is 16.8. The summed E-state index contributed by atoms with van der Waals surface area (Å²) in [6, 6.07) is 9.67. The first-order chi connectivity index (χ1) is 14.2. The van der Waals surface area contributed by atoms with Crippen LogP contribution >= 0.6 is 15.9 Å². The molecule has 4 rings (SSSR count). The van der Waals surface area contributed by atoms with Crippen LogP contribution in [0.4, 0.5) is 17.1 Å². The highest BCUT2D eigenvalue weighted by atomic mass is 79.9. The van der Waals surface area contributed by atoms with Crippen LogP contribution in [-0.4, -0.2) is 45.3 Å². The van der Waals surface area contributed by atoms with E-state index in [9.17, 15) is 4.79 Å². The van der Waals surface area contributed by atoms with Crippen molar-refractivity contribution in [1.82, 2.24) is 0 Å². The summed E-state index contributed by atoms with van der Waals surface area (Å²) in [5, 5.41) is 3.03. The molecule has 7 heteroatoms. The molecule has 0 spiro atoms. The van der Waals surface area contributed by atoms with Crippen molar-refractivity contribution in [3.63, 3.8) is 0 Å². The molecule has 0 atom stereocenters. The molecule has 0 bridgehead atoms. The van der Waals surface area contributed by atoms with Gasteiger partial charge in [0, 0.05) is 31.9 Å². The van der Waals surface area contributed by atoms with Gasteiger partial charge in [0.25, 0.3) is 5.91 Å². The summed E-state index contributed by atoms with van der Waals surface area (Å²) in [5.41, 5.74) is 3.08. The van der Waals surface area contributed by atoms with Crippen molar-refractivity contribution in [2.24, 2.45) is 0 Å². The van der Waals surface area contributed by atoms with Crippen molar-refractivity contribution in [2.45, 2.75) is 33.1 Å². The third-order valence-corrected chi connectivity index (χ3v) is 5.53. The zero-order valence-corrected chi connectivity index (χ0v) is 18.8. The predicted molar refractivity (Wildman–Crippen MR) is 121 cm³/mol. The molecule has 1 N–H and O–H groups in total. The Morgan fingerprint density at radius 1 is 0.966 bits per heavy atom. The van der Waals surface area contributed by atoms with Gasteiger partial charge in [-0.3, -0.25) is 4.79 Å². The van der Waals surface area contributed by atoms with Crippen LogP contribution in [0.3, 0.4) is 0 Å². The Labute approximate surface area is 181 Å². The molecule has 158 valence electrons. The quantitative estimate of drug-likeness (QED) is 0.679. The predicted octanol–water partition coefficient (Wildman–Crippen LogP) is 5.15. The standard InChI is InChI=1S/C20H24BrN3O3.C2H6/c21-19-7-6-18(27-19)20(25)22-16-5-4-15(23-10-12-26-13-11-23)14-17(16)24-8-2-1-3-9-24;1-2/h4-7,14H,1-3,8-13H2,(H,22,25);1-2H3. The number of morpholine rings is 1. The van der Waals surface area contributed by atoms with Crippen molar-refractivity contribution in [3.05, 3.63) is 40.8 Å². The summed E-state index contributed by atoms with van der Waals surface area (Å²) in [6.07, 6.45) is 3.63. The van der Waals surface area contributed by atoms with E-state index >= 15 is 0 Å². The maximum absolute atomic E-state index is 12.6. The molecule has 2 fully saturated rings. The summed E-state index contributed by atoms with van der Waals surface area (Å²) in [6.45, 7) is 9.33. The van der Waals surface area contributed by atoms with Gasteiger partial charge in [-0.15, -0.1) is 0 Å². The monoisotopic (exact) mass is 463 g/mol. The Bertz CT molecular complexity index is 796. The summed E-state index contributed by atoms with van der Waals surface area (Å²) in [4.78, 5) is 17.3. The molecule has 1 aromatic heterocycles. The second kappa shape index (κ2) is 10.7. The van der Waals surface area contributed by atoms with Gasteiger partial charge in [-0.2, -0.15) is 0 Å². The molecular weight excluding hydrogens is 434 g/mol. The topological polar surface area (TPSA) is 58.0 Å². The number of benzene rings is 1. The number of nitrogens with zero attached hydrogens (tertiary/aromatic N) is 2. The van der Waals surface area contributed by atoms with Crippen LogP contribution in [0, 0.1) is 0 Å². The van der Waals surface area contributed by atoms with Crippen LogP contribution in [0.25, 0.3) is 0 Å². The molecule has 6 nitrogen and oxygen atoms in total. The Balaban J connectivity index is 0.00000117. The molecule has 3 heterocycles. The lowest BCUT2D eigenvalue weighted by atomic mass is 10.1. The van der Waals surface area contributed by atoms with E-state index in [0.29, 0.717) is 10.4 Å². The van der Waals surface area contributed by atoms with Crippen molar-refractivity contribution in [1.29, 1.82) is 0 Å². The Morgan fingerprint density at radius 3 is 2.34 bits per heavy atom. The van der Waals surface area contributed by atoms with Crippen LogP contribution in [0.2, 0.25) is 0 Å². The number of hydrogen-bond acceptors (Lipinski definition) is 5. The minimum Gasteiger partial charge on any atom is -0.444 e. The van der Waals surface area contributed by atoms with Gasteiger partial charge >= 0.3 is 0 Å². The van der Waals surface area contributed by atoms with Gasteiger partial charge in [-0.1, -0.05) is 13.8 Å². The lowest BCUT2D eigenvalue weighted by Crippen LogP contribution is -2.36. The van der Waals surface area contributed by atoms with Crippen molar-refractivity contribution >= 4 is 38.9 Å². The van der Waals surface area contributed by atoms with Crippen LogP contribution in [-0.2, 0) is 4.74 Å². The Hall–Kier alpha value is -1.99. The number of carbonyl (C=O) groups excluding carboxylic acids is 1. The number of hydrogen-bond donors (Lipinski definition) is 1. The molecule has 2 aliphatic rings. The second-order valence-corrected chi connectivity index (χ2v) is 7.69. The molecule has 1 amide bonds.